The van der Waals surface area contributed by atoms with Gasteiger partial charge in [0.05, 0.1) is 4.88 Å². The first kappa shape index (κ1) is 16.0. The number of carbonyl (C=O) groups excluding carboxylic acids is 2. The molecule has 4 rings (SSSR count). The number of carbonyl (C=O) groups is 2. The van der Waals surface area contributed by atoms with Gasteiger partial charge in [0.15, 0.2) is 11.5 Å². The van der Waals surface area contributed by atoms with Crippen molar-refractivity contribution in [2.45, 2.75) is 6.92 Å². The number of amides is 2. The third-order valence-corrected chi connectivity index (χ3v) is 5.53. The zero-order valence-corrected chi connectivity index (χ0v) is 14.7. The molecule has 0 N–H and O–H groups in total. The third kappa shape index (κ3) is 2.95. The molecular formula is C18H18N2O4S. The molecule has 0 atom stereocenters. The lowest BCUT2D eigenvalue weighted by molar-refractivity contribution is 0.0537. The number of benzene rings is 1. The number of ether oxygens (including phenoxy) is 2. The predicted octanol–water partition coefficient (Wildman–Crippen LogP) is 2.38. The molecular weight excluding hydrogens is 340 g/mol. The molecule has 130 valence electrons. The van der Waals surface area contributed by atoms with Crippen LogP contribution in [0.15, 0.2) is 29.6 Å². The summed E-state index contributed by atoms with van der Waals surface area (Å²) in [7, 11) is 0. The van der Waals surface area contributed by atoms with Gasteiger partial charge in [0.25, 0.3) is 11.8 Å². The number of nitrogens with zero attached hydrogens (tertiary/aromatic N) is 2. The van der Waals surface area contributed by atoms with Crippen LogP contribution in [-0.2, 0) is 0 Å². The molecule has 1 aromatic carbocycles. The third-order valence-electron chi connectivity index (χ3n) is 4.53. The Kier molecular flexibility index (Phi) is 4.09. The van der Waals surface area contributed by atoms with Crippen molar-refractivity contribution in [1.82, 2.24) is 9.80 Å². The second-order valence-electron chi connectivity index (χ2n) is 6.09. The highest BCUT2D eigenvalue weighted by atomic mass is 32.1. The van der Waals surface area contributed by atoms with Gasteiger partial charge in [-0.25, -0.2) is 0 Å². The monoisotopic (exact) mass is 358 g/mol. The number of fused-ring (bicyclic) bond motifs is 1. The summed E-state index contributed by atoms with van der Waals surface area (Å²) in [5.74, 6) is 1.28. The fourth-order valence-electron chi connectivity index (χ4n) is 3.06. The molecule has 1 saturated heterocycles. The van der Waals surface area contributed by atoms with Gasteiger partial charge in [0.1, 0.15) is 0 Å². The second kappa shape index (κ2) is 6.40. The molecule has 0 aliphatic carbocycles. The lowest BCUT2D eigenvalue weighted by Crippen LogP contribution is -2.50. The van der Waals surface area contributed by atoms with E-state index in [1.807, 2.05) is 23.3 Å². The first-order valence-corrected chi connectivity index (χ1v) is 9.04. The molecule has 2 aromatic rings. The Balaban J connectivity index is 1.41. The maximum Gasteiger partial charge on any atom is 0.264 e. The summed E-state index contributed by atoms with van der Waals surface area (Å²) in [6, 6.07) is 7.19. The zero-order chi connectivity index (χ0) is 17.4. The normalized spacial score (nSPS) is 16.2. The molecule has 1 fully saturated rings. The molecule has 2 amide bonds. The molecule has 2 aliphatic rings. The number of thiophene rings is 1. The van der Waals surface area contributed by atoms with Crippen LogP contribution in [0, 0.1) is 6.92 Å². The van der Waals surface area contributed by atoms with Gasteiger partial charge in [-0.05, 0) is 42.1 Å². The zero-order valence-electron chi connectivity index (χ0n) is 13.9. The van der Waals surface area contributed by atoms with Crippen molar-refractivity contribution in [3.63, 3.8) is 0 Å². The van der Waals surface area contributed by atoms with Gasteiger partial charge in [0.2, 0.25) is 6.79 Å². The van der Waals surface area contributed by atoms with E-state index in [0.29, 0.717) is 43.2 Å². The first-order valence-electron chi connectivity index (χ1n) is 8.16. The Morgan fingerprint density at radius 2 is 1.64 bits per heavy atom. The number of hydrogen-bond acceptors (Lipinski definition) is 5. The molecule has 7 heteroatoms. The van der Waals surface area contributed by atoms with E-state index in [1.54, 1.807) is 23.1 Å². The summed E-state index contributed by atoms with van der Waals surface area (Å²) < 4.78 is 10.6. The van der Waals surface area contributed by atoms with Crippen LogP contribution < -0.4 is 9.47 Å². The van der Waals surface area contributed by atoms with Gasteiger partial charge in [-0.15, -0.1) is 11.3 Å². The summed E-state index contributed by atoms with van der Waals surface area (Å²) in [4.78, 5) is 29.6. The van der Waals surface area contributed by atoms with E-state index in [0.717, 1.165) is 10.4 Å². The van der Waals surface area contributed by atoms with Gasteiger partial charge < -0.3 is 19.3 Å². The molecule has 0 radical (unpaired) electrons. The Morgan fingerprint density at radius 1 is 0.960 bits per heavy atom. The molecule has 0 spiro atoms. The van der Waals surface area contributed by atoms with Crippen LogP contribution in [-0.4, -0.2) is 54.6 Å². The molecule has 25 heavy (non-hydrogen) atoms. The summed E-state index contributed by atoms with van der Waals surface area (Å²) in [6.07, 6.45) is 0. The Labute approximate surface area is 149 Å². The van der Waals surface area contributed by atoms with Crippen LogP contribution in [0.1, 0.15) is 25.6 Å². The fraction of sp³-hybridized carbons (Fsp3) is 0.333. The number of piperazine rings is 1. The van der Waals surface area contributed by atoms with Gasteiger partial charge in [-0.1, -0.05) is 0 Å². The largest absolute Gasteiger partial charge is 0.454 e. The van der Waals surface area contributed by atoms with Gasteiger partial charge in [0, 0.05) is 31.7 Å². The minimum atomic E-state index is -0.0438. The lowest BCUT2D eigenvalue weighted by atomic mass is 10.1. The van der Waals surface area contributed by atoms with Gasteiger partial charge in [-0.3, -0.25) is 9.59 Å². The highest BCUT2D eigenvalue weighted by Crippen LogP contribution is 2.33. The van der Waals surface area contributed by atoms with E-state index >= 15 is 0 Å². The van der Waals surface area contributed by atoms with Crippen molar-refractivity contribution in [2.75, 3.05) is 33.0 Å². The van der Waals surface area contributed by atoms with Crippen LogP contribution in [0.25, 0.3) is 0 Å². The van der Waals surface area contributed by atoms with E-state index < -0.39 is 0 Å². The minimum absolute atomic E-state index is 0.0438. The Bertz CT molecular complexity index is 824. The van der Waals surface area contributed by atoms with E-state index in [9.17, 15) is 9.59 Å². The van der Waals surface area contributed by atoms with Crippen molar-refractivity contribution < 1.29 is 19.1 Å². The topological polar surface area (TPSA) is 59.1 Å². The lowest BCUT2D eigenvalue weighted by Gasteiger charge is -2.34. The number of hydrogen-bond donors (Lipinski definition) is 0. The summed E-state index contributed by atoms with van der Waals surface area (Å²) in [5, 5.41) is 1.93. The SMILES string of the molecule is Cc1ccsc1C(=O)N1CCN(C(=O)c2ccc3c(c2)OCO3)CC1. The quantitative estimate of drug-likeness (QED) is 0.827. The molecule has 0 unspecified atom stereocenters. The Hall–Kier alpha value is -2.54. The van der Waals surface area contributed by atoms with E-state index in [2.05, 4.69) is 0 Å². The molecule has 0 saturated carbocycles. The average molecular weight is 358 g/mol. The summed E-state index contributed by atoms with van der Waals surface area (Å²) >= 11 is 1.47. The van der Waals surface area contributed by atoms with Gasteiger partial charge >= 0.3 is 0 Å². The minimum Gasteiger partial charge on any atom is -0.454 e. The first-order chi connectivity index (χ1) is 12.1. The number of aryl methyl sites for hydroxylation is 1. The smallest absolute Gasteiger partial charge is 0.264 e. The van der Waals surface area contributed by atoms with E-state index in [1.165, 1.54) is 11.3 Å². The molecule has 3 heterocycles. The maximum atomic E-state index is 12.7. The highest BCUT2D eigenvalue weighted by molar-refractivity contribution is 7.12. The standard InChI is InChI=1S/C18H18N2O4S/c1-12-4-9-25-16(12)18(22)20-7-5-19(6-8-20)17(21)13-2-3-14-15(10-13)24-11-23-14/h2-4,9-10H,5-8,11H2,1H3. The predicted molar refractivity (Wildman–Crippen MR) is 93.4 cm³/mol. The molecule has 6 nitrogen and oxygen atoms in total. The highest BCUT2D eigenvalue weighted by Gasteiger charge is 2.27. The van der Waals surface area contributed by atoms with Crippen LogP contribution in [0.3, 0.4) is 0 Å². The van der Waals surface area contributed by atoms with Crippen LogP contribution in [0.2, 0.25) is 0 Å². The van der Waals surface area contributed by atoms with Crippen LogP contribution in [0.4, 0.5) is 0 Å². The van der Waals surface area contributed by atoms with Crippen molar-refractivity contribution in [2.24, 2.45) is 0 Å². The van der Waals surface area contributed by atoms with E-state index in [4.69, 9.17) is 9.47 Å². The second-order valence-corrected chi connectivity index (χ2v) is 7.00. The van der Waals surface area contributed by atoms with Crippen molar-refractivity contribution in [3.05, 3.63) is 45.6 Å². The average Bonchev–Trinajstić information content (AvgIpc) is 3.28. The number of rotatable bonds is 2. The van der Waals surface area contributed by atoms with Crippen molar-refractivity contribution in [3.8, 4) is 11.5 Å². The molecule has 0 bridgehead atoms. The Morgan fingerprint density at radius 3 is 2.32 bits per heavy atom. The molecule has 2 aliphatic heterocycles. The van der Waals surface area contributed by atoms with Crippen molar-refractivity contribution in [1.29, 1.82) is 0 Å². The van der Waals surface area contributed by atoms with E-state index in [-0.39, 0.29) is 18.6 Å². The maximum absolute atomic E-state index is 12.7. The van der Waals surface area contributed by atoms with Crippen molar-refractivity contribution >= 4 is 23.2 Å². The van der Waals surface area contributed by atoms with Crippen LogP contribution >= 0.6 is 11.3 Å². The van der Waals surface area contributed by atoms with Crippen LogP contribution in [0.5, 0.6) is 11.5 Å². The summed E-state index contributed by atoms with van der Waals surface area (Å²) in [5.41, 5.74) is 1.59. The summed E-state index contributed by atoms with van der Waals surface area (Å²) in [6.45, 7) is 4.30. The van der Waals surface area contributed by atoms with Gasteiger partial charge in [-0.2, -0.15) is 0 Å². The fourth-order valence-corrected chi connectivity index (χ4v) is 3.95. The molecule has 1 aromatic heterocycles.